The fourth-order valence-corrected chi connectivity index (χ4v) is 2.84. The van der Waals surface area contributed by atoms with Gasteiger partial charge < -0.3 is 15.0 Å². The van der Waals surface area contributed by atoms with Gasteiger partial charge in [-0.3, -0.25) is 0 Å². The lowest BCUT2D eigenvalue weighted by atomic mass is 10.1. The fraction of sp³-hybridized carbons (Fsp3) is 0.467. The van der Waals surface area contributed by atoms with Gasteiger partial charge in [0.1, 0.15) is 6.33 Å². The predicted octanol–water partition coefficient (Wildman–Crippen LogP) is 2.46. The summed E-state index contributed by atoms with van der Waals surface area (Å²) in [4.78, 5) is 0. The molecule has 0 saturated heterocycles. The summed E-state index contributed by atoms with van der Waals surface area (Å²) in [7, 11) is 0. The van der Waals surface area contributed by atoms with Crippen LogP contribution >= 0.6 is 0 Å². The number of hydrogen-bond donors (Lipinski definition) is 2. The molecule has 1 saturated carbocycles. The maximum Gasteiger partial charge on any atom is 0.164 e. The highest BCUT2D eigenvalue weighted by Gasteiger charge is 2.20. The molecule has 1 fully saturated rings. The fourth-order valence-electron chi connectivity index (χ4n) is 2.84. The molecule has 20 heavy (non-hydrogen) atoms. The second-order valence-electron chi connectivity index (χ2n) is 5.23. The molecule has 2 aromatic rings. The highest BCUT2D eigenvalue weighted by atomic mass is 16.3. The van der Waals surface area contributed by atoms with Gasteiger partial charge in [0, 0.05) is 23.8 Å². The summed E-state index contributed by atoms with van der Waals surface area (Å²) in [5.41, 5.74) is 2.10. The predicted molar refractivity (Wildman–Crippen MR) is 78.5 cm³/mol. The van der Waals surface area contributed by atoms with E-state index >= 15 is 0 Å². The van der Waals surface area contributed by atoms with E-state index in [2.05, 4.69) is 32.2 Å². The first kappa shape index (κ1) is 13.1. The lowest BCUT2D eigenvalue weighted by Gasteiger charge is -2.14. The SMILES string of the molecule is OCCNc1ccc(-c2nncn2C2CCCC2)cc1. The van der Waals surface area contributed by atoms with Gasteiger partial charge in [0.25, 0.3) is 0 Å². The summed E-state index contributed by atoms with van der Waals surface area (Å²) < 4.78 is 2.21. The molecule has 1 heterocycles. The number of aromatic nitrogens is 3. The van der Waals surface area contributed by atoms with Crippen molar-refractivity contribution < 1.29 is 5.11 Å². The number of aliphatic hydroxyl groups is 1. The van der Waals surface area contributed by atoms with Crippen molar-refractivity contribution in [2.75, 3.05) is 18.5 Å². The third kappa shape index (κ3) is 2.67. The van der Waals surface area contributed by atoms with Crippen LogP contribution in [0, 0.1) is 0 Å². The monoisotopic (exact) mass is 272 g/mol. The van der Waals surface area contributed by atoms with E-state index in [1.54, 1.807) is 0 Å². The quantitative estimate of drug-likeness (QED) is 0.877. The lowest BCUT2D eigenvalue weighted by Crippen LogP contribution is -2.06. The first-order valence-electron chi connectivity index (χ1n) is 7.23. The van der Waals surface area contributed by atoms with E-state index < -0.39 is 0 Å². The van der Waals surface area contributed by atoms with Gasteiger partial charge in [-0.25, -0.2) is 0 Å². The minimum atomic E-state index is 0.137. The molecule has 5 nitrogen and oxygen atoms in total. The van der Waals surface area contributed by atoms with E-state index in [0.717, 1.165) is 17.1 Å². The molecule has 2 N–H and O–H groups in total. The number of nitrogens with zero attached hydrogens (tertiary/aromatic N) is 3. The minimum absolute atomic E-state index is 0.137. The Morgan fingerprint density at radius 1 is 1.20 bits per heavy atom. The number of benzene rings is 1. The van der Waals surface area contributed by atoms with Crippen LogP contribution in [0.3, 0.4) is 0 Å². The molecule has 3 rings (SSSR count). The number of aliphatic hydroxyl groups excluding tert-OH is 1. The molecule has 0 unspecified atom stereocenters. The van der Waals surface area contributed by atoms with Gasteiger partial charge in [-0.2, -0.15) is 0 Å². The van der Waals surface area contributed by atoms with E-state index in [9.17, 15) is 0 Å². The molecule has 0 bridgehead atoms. The normalized spacial score (nSPS) is 15.7. The molecule has 1 aliphatic carbocycles. The summed E-state index contributed by atoms with van der Waals surface area (Å²) in [6, 6.07) is 8.67. The molecule has 0 radical (unpaired) electrons. The van der Waals surface area contributed by atoms with Gasteiger partial charge in [-0.05, 0) is 37.1 Å². The molecule has 0 atom stereocenters. The molecule has 0 aliphatic heterocycles. The van der Waals surface area contributed by atoms with Gasteiger partial charge in [0.05, 0.1) is 6.61 Å². The number of nitrogens with one attached hydrogen (secondary N) is 1. The van der Waals surface area contributed by atoms with E-state index in [1.807, 2.05) is 18.5 Å². The lowest BCUT2D eigenvalue weighted by molar-refractivity contribution is 0.311. The van der Waals surface area contributed by atoms with Gasteiger partial charge in [0.15, 0.2) is 5.82 Å². The van der Waals surface area contributed by atoms with Crippen LogP contribution < -0.4 is 5.32 Å². The summed E-state index contributed by atoms with van der Waals surface area (Å²) in [6.07, 6.45) is 6.89. The third-order valence-electron chi connectivity index (χ3n) is 3.88. The maximum atomic E-state index is 8.81. The molecule has 0 spiro atoms. The minimum Gasteiger partial charge on any atom is -0.395 e. The van der Waals surface area contributed by atoms with Crippen LogP contribution in [-0.4, -0.2) is 33.0 Å². The van der Waals surface area contributed by atoms with Crippen molar-refractivity contribution in [1.82, 2.24) is 14.8 Å². The van der Waals surface area contributed by atoms with Gasteiger partial charge >= 0.3 is 0 Å². The van der Waals surface area contributed by atoms with Crippen LogP contribution in [0.25, 0.3) is 11.4 Å². The van der Waals surface area contributed by atoms with Crippen LogP contribution in [0.4, 0.5) is 5.69 Å². The van der Waals surface area contributed by atoms with Gasteiger partial charge in [-0.15, -0.1) is 10.2 Å². The topological polar surface area (TPSA) is 63.0 Å². The van der Waals surface area contributed by atoms with Crippen LogP contribution in [0.5, 0.6) is 0 Å². The van der Waals surface area contributed by atoms with Crippen molar-refractivity contribution in [2.24, 2.45) is 0 Å². The Hall–Kier alpha value is -1.88. The molecule has 1 aromatic carbocycles. The second kappa shape index (κ2) is 6.05. The van der Waals surface area contributed by atoms with Crippen LogP contribution in [0.1, 0.15) is 31.7 Å². The van der Waals surface area contributed by atoms with Crippen molar-refractivity contribution in [2.45, 2.75) is 31.7 Å². The zero-order chi connectivity index (χ0) is 13.8. The highest BCUT2D eigenvalue weighted by molar-refractivity contribution is 5.60. The van der Waals surface area contributed by atoms with E-state index in [-0.39, 0.29) is 6.61 Å². The molecular formula is C15H20N4O. The summed E-state index contributed by atoms with van der Waals surface area (Å²) in [6.45, 7) is 0.704. The standard InChI is InChI=1S/C15H20N4O/c20-10-9-16-13-7-5-12(6-8-13)15-18-17-11-19(15)14-3-1-2-4-14/h5-8,11,14,16,20H,1-4,9-10H2. The van der Waals surface area contributed by atoms with E-state index in [1.165, 1.54) is 25.7 Å². The Morgan fingerprint density at radius 2 is 1.95 bits per heavy atom. The van der Waals surface area contributed by atoms with E-state index in [4.69, 9.17) is 5.11 Å². The largest absolute Gasteiger partial charge is 0.395 e. The van der Waals surface area contributed by atoms with Crippen molar-refractivity contribution in [3.05, 3.63) is 30.6 Å². The molecule has 1 aliphatic rings. The summed E-state index contributed by atoms with van der Waals surface area (Å²) >= 11 is 0. The number of rotatable bonds is 5. The van der Waals surface area contributed by atoms with Crippen molar-refractivity contribution in [3.63, 3.8) is 0 Å². The zero-order valence-electron chi connectivity index (χ0n) is 11.5. The average Bonchev–Trinajstić information content (AvgIpc) is 3.15. The Kier molecular flexibility index (Phi) is 3.97. The zero-order valence-corrected chi connectivity index (χ0v) is 11.5. The molecular weight excluding hydrogens is 252 g/mol. The highest BCUT2D eigenvalue weighted by Crippen LogP contribution is 2.32. The number of hydrogen-bond acceptors (Lipinski definition) is 4. The van der Waals surface area contributed by atoms with Crippen molar-refractivity contribution in [3.8, 4) is 11.4 Å². The van der Waals surface area contributed by atoms with Crippen molar-refractivity contribution >= 4 is 5.69 Å². The molecule has 5 heteroatoms. The van der Waals surface area contributed by atoms with Crippen LogP contribution in [0.2, 0.25) is 0 Å². The Morgan fingerprint density at radius 3 is 2.65 bits per heavy atom. The summed E-state index contributed by atoms with van der Waals surface area (Å²) in [5.74, 6) is 0.950. The van der Waals surface area contributed by atoms with Gasteiger partial charge in [-0.1, -0.05) is 12.8 Å². The summed E-state index contributed by atoms with van der Waals surface area (Å²) in [5, 5.41) is 20.3. The second-order valence-corrected chi connectivity index (χ2v) is 5.23. The number of anilines is 1. The first-order valence-corrected chi connectivity index (χ1v) is 7.23. The molecule has 0 amide bonds. The Labute approximate surface area is 118 Å². The van der Waals surface area contributed by atoms with Crippen molar-refractivity contribution in [1.29, 1.82) is 0 Å². The molecule has 1 aromatic heterocycles. The Balaban J connectivity index is 1.80. The van der Waals surface area contributed by atoms with Crippen LogP contribution in [-0.2, 0) is 0 Å². The molecule has 106 valence electrons. The first-order chi connectivity index (χ1) is 9.88. The van der Waals surface area contributed by atoms with Gasteiger partial charge in [0.2, 0.25) is 0 Å². The van der Waals surface area contributed by atoms with Crippen LogP contribution in [0.15, 0.2) is 30.6 Å². The average molecular weight is 272 g/mol. The smallest absolute Gasteiger partial charge is 0.164 e. The Bertz CT molecular complexity index is 543. The van der Waals surface area contributed by atoms with E-state index in [0.29, 0.717) is 12.6 Å². The maximum absolute atomic E-state index is 8.81. The third-order valence-corrected chi connectivity index (χ3v) is 3.88.